The molecule has 0 spiro atoms. The summed E-state index contributed by atoms with van der Waals surface area (Å²) in [5, 5.41) is 14.8. The van der Waals surface area contributed by atoms with Gasteiger partial charge in [0.15, 0.2) is 0 Å². The van der Waals surface area contributed by atoms with Crippen molar-refractivity contribution in [1.82, 2.24) is 5.32 Å². The molecule has 0 amide bonds. The molecule has 0 heterocycles. The van der Waals surface area contributed by atoms with Crippen molar-refractivity contribution in [2.45, 2.75) is 19.7 Å². The van der Waals surface area contributed by atoms with E-state index in [-0.39, 0.29) is 12.4 Å². The molecule has 124 valence electrons. The van der Waals surface area contributed by atoms with Gasteiger partial charge >= 0.3 is 0 Å². The molecule has 0 saturated carbocycles. The van der Waals surface area contributed by atoms with Gasteiger partial charge in [-0.3, -0.25) is 0 Å². The largest absolute Gasteiger partial charge is 0.497 e. The fraction of sp³-hybridized carbons (Fsp3) is 0.200. The van der Waals surface area contributed by atoms with Gasteiger partial charge in [0.25, 0.3) is 0 Å². The molecule has 0 aliphatic rings. The molecule has 4 heteroatoms. The van der Waals surface area contributed by atoms with E-state index in [1.807, 2.05) is 18.2 Å². The number of aliphatic hydroxyl groups excluding tert-OH is 1. The van der Waals surface area contributed by atoms with Crippen molar-refractivity contribution in [2.24, 2.45) is 0 Å². The van der Waals surface area contributed by atoms with Crippen LogP contribution in [-0.2, 0) is 19.7 Å². The molecule has 0 aromatic heterocycles. The van der Waals surface area contributed by atoms with Crippen LogP contribution in [0.25, 0.3) is 10.8 Å². The first-order valence-electron chi connectivity index (χ1n) is 7.85. The number of nitrogens with one attached hydrogen (secondary N) is 1. The third-order valence-electron chi connectivity index (χ3n) is 4.05. The lowest BCUT2D eigenvalue weighted by molar-refractivity contribution is 0.275. The Balaban J connectivity index is 1.65. The maximum Gasteiger partial charge on any atom is 0.128 e. The summed E-state index contributed by atoms with van der Waals surface area (Å²) in [7, 11) is 1.66. The smallest absolute Gasteiger partial charge is 0.128 e. The van der Waals surface area contributed by atoms with Crippen LogP contribution in [0.5, 0.6) is 5.75 Å². The second kappa shape index (κ2) is 7.43. The van der Waals surface area contributed by atoms with Gasteiger partial charge in [-0.25, -0.2) is 4.39 Å². The first-order valence-corrected chi connectivity index (χ1v) is 7.85. The van der Waals surface area contributed by atoms with E-state index < -0.39 is 0 Å². The van der Waals surface area contributed by atoms with E-state index >= 15 is 0 Å². The van der Waals surface area contributed by atoms with Crippen LogP contribution in [0.2, 0.25) is 0 Å². The van der Waals surface area contributed by atoms with Gasteiger partial charge in [-0.05, 0) is 52.2 Å². The van der Waals surface area contributed by atoms with Crippen LogP contribution in [0.4, 0.5) is 4.39 Å². The summed E-state index contributed by atoms with van der Waals surface area (Å²) in [5.41, 5.74) is 2.46. The third kappa shape index (κ3) is 3.72. The highest BCUT2D eigenvalue weighted by molar-refractivity contribution is 5.84. The van der Waals surface area contributed by atoms with Crippen molar-refractivity contribution >= 4 is 10.8 Å². The number of halogens is 1. The average molecular weight is 325 g/mol. The molecule has 3 aromatic carbocycles. The average Bonchev–Trinajstić information content (AvgIpc) is 2.62. The fourth-order valence-corrected chi connectivity index (χ4v) is 2.72. The van der Waals surface area contributed by atoms with Gasteiger partial charge < -0.3 is 15.2 Å². The number of methoxy groups -OCH3 is 1. The Morgan fingerprint density at radius 3 is 2.33 bits per heavy atom. The van der Waals surface area contributed by atoms with Crippen LogP contribution in [0.3, 0.4) is 0 Å². The Labute approximate surface area is 140 Å². The normalized spacial score (nSPS) is 11.0. The van der Waals surface area contributed by atoms with Gasteiger partial charge in [0, 0.05) is 18.7 Å². The van der Waals surface area contributed by atoms with Gasteiger partial charge in [0.2, 0.25) is 0 Å². The fourth-order valence-electron chi connectivity index (χ4n) is 2.72. The van der Waals surface area contributed by atoms with Gasteiger partial charge in [-0.15, -0.1) is 0 Å². The lowest BCUT2D eigenvalue weighted by atomic mass is 10.1. The minimum atomic E-state index is -0.369. The van der Waals surface area contributed by atoms with E-state index in [0.717, 1.165) is 16.7 Å². The molecule has 3 nitrogen and oxygen atoms in total. The van der Waals surface area contributed by atoms with E-state index in [9.17, 15) is 4.39 Å². The first kappa shape index (κ1) is 16.4. The van der Waals surface area contributed by atoms with Gasteiger partial charge in [-0.1, -0.05) is 24.3 Å². The van der Waals surface area contributed by atoms with Crippen LogP contribution in [0.1, 0.15) is 16.7 Å². The monoisotopic (exact) mass is 325 g/mol. The quantitative estimate of drug-likeness (QED) is 0.725. The molecule has 0 unspecified atom stereocenters. The predicted molar refractivity (Wildman–Crippen MR) is 93.4 cm³/mol. The van der Waals surface area contributed by atoms with Gasteiger partial charge in [0.1, 0.15) is 11.6 Å². The Morgan fingerprint density at radius 1 is 0.917 bits per heavy atom. The summed E-state index contributed by atoms with van der Waals surface area (Å²) >= 11 is 0. The molecule has 24 heavy (non-hydrogen) atoms. The zero-order valence-corrected chi connectivity index (χ0v) is 13.6. The van der Waals surface area contributed by atoms with Crippen molar-refractivity contribution in [3.63, 3.8) is 0 Å². The Kier molecular flexibility index (Phi) is 5.08. The zero-order chi connectivity index (χ0) is 16.9. The number of hydrogen-bond donors (Lipinski definition) is 2. The molecule has 0 radical (unpaired) electrons. The molecule has 2 N–H and O–H groups in total. The molecule has 0 bridgehead atoms. The summed E-state index contributed by atoms with van der Waals surface area (Å²) in [5.74, 6) is 0.482. The van der Waals surface area contributed by atoms with Crippen molar-refractivity contribution in [1.29, 1.82) is 0 Å². The van der Waals surface area contributed by atoms with Crippen molar-refractivity contribution < 1.29 is 14.2 Å². The number of aliphatic hydroxyl groups is 1. The number of rotatable bonds is 6. The van der Waals surface area contributed by atoms with Crippen LogP contribution in [-0.4, -0.2) is 12.2 Å². The molecular formula is C20H20FNO2. The number of ether oxygens (including phenoxy) is 1. The van der Waals surface area contributed by atoms with Gasteiger partial charge in [0.05, 0.1) is 13.7 Å². The summed E-state index contributed by atoms with van der Waals surface area (Å²) in [6.07, 6.45) is 0. The highest BCUT2D eigenvalue weighted by atomic mass is 19.1. The number of fused-ring (bicyclic) bond motifs is 1. The zero-order valence-electron chi connectivity index (χ0n) is 13.6. The standard InChI is InChI=1S/C20H20FNO2/c1-24-19-6-5-16-8-14(2-4-17(16)10-19)11-22-12-15-3-7-20(21)18(9-15)13-23/h2-10,22-23H,11-13H2,1H3. The summed E-state index contributed by atoms with van der Waals surface area (Å²) in [6, 6.07) is 17.1. The highest BCUT2D eigenvalue weighted by Crippen LogP contribution is 2.22. The van der Waals surface area contributed by atoms with Crippen LogP contribution < -0.4 is 10.1 Å². The summed E-state index contributed by atoms with van der Waals surface area (Å²) in [4.78, 5) is 0. The van der Waals surface area contributed by atoms with Crippen molar-refractivity contribution in [2.75, 3.05) is 7.11 Å². The number of benzene rings is 3. The Hall–Kier alpha value is -2.43. The molecule has 0 aliphatic heterocycles. The Morgan fingerprint density at radius 2 is 1.58 bits per heavy atom. The molecule has 0 saturated heterocycles. The van der Waals surface area contributed by atoms with Crippen LogP contribution in [0.15, 0.2) is 54.6 Å². The molecule has 3 aromatic rings. The lowest BCUT2D eigenvalue weighted by Crippen LogP contribution is -2.13. The second-order valence-electron chi connectivity index (χ2n) is 5.73. The molecular weight excluding hydrogens is 305 g/mol. The van der Waals surface area contributed by atoms with E-state index in [1.165, 1.54) is 17.0 Å². The van der Waals surface area contributed by atoms with E-state index in [2.05, 4.69) is 23.5 Å². The maximum atomic E-state index is 13.4. The number of hydrogen-bond acceptors (Lipinski definition) is 3. The maximum absolute atomic E-state index is 13.4. The molecule has 0 atom stereocenters. The van der Waals surface area contributed by atoms with E-state index in [1.54, 1.807) is 19.2 Å². The SMILES string of the molecule is COc1ccc2cc(CNCc3ccc(F)c(CO)c3)ccc2c1. The van der Waals surface area contributed by atoms with Crippen molar-refractivity contribution in [3.8, 4) is 5.75 Å². The van der Waals surface area contributed by atoms with Crippen LogP contribution >= 0.6 is 0 Å². The van der Waals surface area contributed by atoms with Gasteiger partial charge in [-0.2, -0.15) is 0 Å². The second-order valence-corrected chi connectivity index (χ2v) is 5.73. The minimum absolute atomic E-state index is 0.284. The van der Waals surface area contributed by atoms with E-state index in [4.69, 9.17) is 9.84 Å². The minimum Gasteiger partial charge on any atom is -0.497 e. The first-order chi connectivity index (χ1) is 11.7. The molecule has 3 rings (SSSR count). The third-order valence-corrected chi connectivity index (χ3v) is 4.05. The molecule has 0 aliphatic carbocycles. The highest BCUT2D eigenvalue weighted by Gasteiger charge is 2.03. The topological polar surface area (TPSA) is 41.5 Å². The van der Waals surface area contributed by atoms with E-state index in [0.29, 0.717) is 18.7 Å². The van der Waals surface area contributed by atoms with Crippen LogP contribution in [0, 0.1) is 5.82 Å². The predicted octanol–water partition coefficient (Wildman–Crippen LogP) is 3.77. The van der Waals surface area contributed by atoms with Crippen molar-refractivity contribution in [3.05, 3.63) is 77.1 Å². The molecule has 0 fully saturated rings. The Bertz CT molecular complexity index is 848. The lowest BCUT2D eigenvalue weighted by Gasteiger charge is -2.09. The summed E-state index contributed by atoms with van der Waals surface area (Å²) in [6.45, 7) is 1.05. The summed E-state index contributed by atoms with van der Waals surface area (Å²) < 4.78 is 18.6.